The van der Waals surface area contributed by atoms with Crippen LogP contribution in [-0.4, -0.2) is 35.5 Å². The molecule has 2 saturated carbocycles. The van der Waals surface area contributed by atoms with Crippen LogP contribution in [0.3, 0.4) is 0 Å². The van der Waals surface area contributed by atoms with Crippen molar-refractivity contribution >= 4 is 11.5 Å². The van der Waals surface area contributed by atoms with E-state index in [4.69, 9.17) is 4.74 Å². The van der Waals surface area contributed by atoms with Gasteiger partial charge in [0, 0.05) is 20.1 Å². The highest BCUT2D eigenvalue weighted by Gasteiger charge is 2.56. The van der Waals surface area contributed by atoms with Crippen LogP contribution >= 0.6 is 0 Å². The number of hydrogen-bond donors (Lipinski definition) is 2. The third-order valence-corrected chi connectivity index (χ3v) is 9.20. The number of esters is 1. The minimum atomic E-state index is -0.238. The Labute approximate surface area is 186 Å². The lowest BCUT2D eigenvalue weighted by Crippen LogP contribution is -2.52. The fourth-order valence-electron chi connectivity index (χ4n) is 7.49. The molecule has 0 bridgehead atoms. The highest BCUT2D eigenvalue weighted by Crippen LogP contribution is 2.63. The normalized spacial score (nSPS) is 40.2. The monoisotopic (exact) mass is 426 g/mol. The smallest absolute Gasteiger partial charge is 0.302 e. The van der Waals surface area contributed by atoms with E-state index in [2.05, 4.69) is 50.3 Å². The van der Waals surface area contributed by atoms with Crippen molar-refractivity contribution in [3.05, 3.63) is 42.0 Å². The molecule has 7 atom stereocenters. The van der Waals surface area contributed by atoms with E-state index in [0.717, 1.165) is 38.5 Å². The van der Waals surface area contributed by atoms with E-state index < -0.39 is 0 Å². The van der Waals surface area contributed by atoms with E-state index in [1.54, 1.807) is 0 Å². The molecule has 4 nitrogen and oxygen atoms in total. The molecule has 2 N–H and O–H groups in total. The van der Waals surface area contributed by atoms with Crippen molar-refractivity contribution in [1.29, 1.82) is 0 Å². The fourth-order valence-corrected chi connectivity index (χ4v) is 7.49. The zero-order valence-corrected chi connectivity index (χ0v) is 19.2. The molecule has 0 aromatic heterocycles. The summed E-state index contributed by atoms with van der Waals surface area (Å²) in [5.74, 6) is 0.873. The van der Waals surface area contributed by atoms with Gasteiger partial charge < -0.3 is 14.9 Å². The van der Waals surface area contributed by atoms with E-state index in [-0.39, 0.29) is 48.0 Å². The SMILES string of the molecule is CC(=O)OC1CCC(C)(C2CCC3(C)C(c4ccccc4)=CCC3C2CO)C(CO)C1. The van der Waals surface area contributed by atoms with Crippen molar-refractivity contribution in [2.45, 2.75) is 65.4 Å². The van der Waals surface area contributed by atoms with Crippen molar-refractivity contribution in [2.24, 2.45) is 34.5 Å². The first-order chi connectivity index (χ1) is 14.8. The molecule has 3 aliphatic rings. The summed E-state index contributed by atoms with van der Waals surface area (Å²) in [5.41, 5.74) is 2.79. The highest BCUT2D eigenvalue weighted by molar-refractivity contribution is 5.72. The molecule has 0 amide bonds. The van der Waals surface area contributed by atoms with Crippen molar-refractivity contribution in [3.8, 4) is 0 Å². The Morgan fingerprint density at radius 3 is 2.45 bits per heavy atom. The number of rotatable bonds is 5. The lowest BCUT2D eigenvalue weighted by atomic mass is 9.49. The Bertz CT molecular complexity index is 818. The minimum absolute atomic E-state index is 0.0460. The number of fused-ring (bicyclic) bond motifs is 1. The van der Waals surface area contributed by atoms with Gasteiger partial charge in [0.15, 0.2) is 0 Å². The van der Waals surface area contributed by atoms with Crippen LogP contribution in [0.2, 0.25) is 0 Å². The number of allylic oxidation sites excluding steroid dienone is 2. The van der Waals surface area contributed by atoms with E-state index in [9.17, 15) is 15.0 Å². The fraction of sp³-hybridized carbons (Fsp3) is 0.667. The summed E-state index contributed by atoms with van der Waals surface area (Å²) in [6.07, 6.45) is 8.00. The molecule has 170 valence electrons. The zero-order valence-electron chi connectivity index (χ0n) is 19.2. The maximum absolute atomic E-state index is 11.5. The van der Waals surface area contributed by atoms with Crippen molar-refractivity contribution in [1.82, 2.24) is 0 Å². The Balaban J connectivity index is 1.57. The molecule has 0 radical (unpaired) electrons. The molecule has 0 saturated heterocycles. The van der Waals surface area contributed by atoms with Crippen LogP contribution < -0.4 is 0 Å². The molecule has 4 heteroatoms. The van der Waals surface area contributed by atoms with Crippen LogP contribution in [0.5, 0.6) is 0 Å². The average Bonchev–Trinajstić information content (AvgIpc) is 3.11. The van der Waals surface area contributed by atoms with Gasteiger partial charge in [0.1, 0.15) is 6.10 Å². The quantitative estimate of drug-likeness (QED) is 0.661. The maximum atomic E-state index is 11.5. The summed E-state index contributed by atoms with van der Waals surface area (Å²) >= 11 is 0. The first-order valence-corrected chi connectivity index (χ1v) is 12.0. The van der Waals surface area contributed by atoms with E-state index in [1.807, 2.05) is 0 Å². The average molecular weight is 427 g/mol. The first kappa shape index (κ1) is 22.5. The topological polar surface area (TPSA) is 66.8 Å². The molecule has 1 aromatic rings. The summed E-state index contributed by atoms with van der Waals surface area (Å²) in [6, 6.07) is 10.7. The number of ether oxygens (including phenoxy) is 1. The summed E-state index contributed by atoms with van der Waals surface area (Å²) in [5, 5.41) is 20.9. The number of aliphatic hydroxyl groups is 2. The van der Waals surface area contributed by atoms with Crippen LogP contribution in [0.4, 0.5) is 0 Å². The van der Waals surface area contributed by atoms with Gasteiger partial charge in [-0.3, -0.25) is 4.79 Å². The second-order valence-electron chi connectivity index (χ2n) is 10.6. The van der Waals surface area contributed by atoms with Crippen LogP contribution in [0, 0.1) is 34.5 Å². The van der Waals surface area contributed by atoms with Crippen LogP contribution in [-0.2, 0) is 9.53 Å². The summed E-state index contributed by atoms with van der Waals surface area (Å²) in [4.78, 5) is 11.5. The van der Waals surface area contributed by atoms with Crippen molar-refractivity contribution in [3.63, 3.8) is 0 Å². The van der Waals surface area contributed by atoms with Gasteiger partial charge in [-0.05, 0) is 84.2 Å². The largest absolute Gasteiger partial charge is 0.463 e. The number of carbonyl (C=O) groups is 1. The van der Waals surface area contributed by atoms with Crippen LogP contribution in [0.1, 0.15) is 64.9 Å². The summed E-state index contributed by atoms with van der Waals surface area (Å²) < 4.78 is 5.50. The molecule has 2 fully saturated rings. The third-order valence-electron chi connectivity index (χ3n) is 9.20. The van der Waals surface area contributed by atoms with Crippen LogP contribution in [0.15, 0.2) is 36.4 Å². The van der Waals surface area contributed by atoms with Crippen molar-refractivity contribution in [2.75, 3.05) is 13.2 Å². The summed E-state index contributed by atoms with van der Waals surface area (Å²) in [6.45, 7) is 6.48. The van der Waals surface area contributed by atoms with Gasteiger partial charge in [-0.25, -0.2) is 0 Å². The lowest BCUT2D eigenvalue weighted by Gasteiger charge is -2.56. The molecule has 0 heterocycles. The maximum Gasteiger partial charge on any atom is 0.302 e. The molecular weight excluding hydrogens is 388 g/mol. The number of carbonyl (C=O) groups excluding carboxylic acids is 1. The van der Waals surface area contributed by atoms with Gasteiger partial charge in [0.05, 0.1) is 0 Å². The molecule has 3 aliphatic carbocycles. The predicted molar refractivity (Wildman–Crippen MR) is 122 cm³/mol. The van der Waals surface area contributed by atoms with Gasteiger partial charge in [-0.2, -0.15) is 0 Å². The Morgan fingerprint density at radius 1 is 1.06 bits per heavy atom. The Morgan fingerprint density at radius 2 is 1.81 bits per heavy atom. The molecule has 0 spiro atoms. The van der Waals surface area contributed by atoms with Gasteiger partial charge in [0.2, 0.25) is 0 Å². The lowest BCUT2D eigenvalue weighted by molar-refractivity contribution is -0.156. The molecule has 4 rings (SSSR count). The Kier molecular flexibility index (Phi) is 6.33. The van der Waals surface area contributed by atoms with Gasteiger partial charge in [0.25, 0.3) is 0 Å². The standard InChI is InChI=1S/C27H38O4/c1-18(30)31-21-11-13-26(2,20(15-21)16-28)25-12-14-27(3)23(19-7-5-4-6-8-19)9-10-24(27)22(25)17-29/h4-9,20-22,24-25,28-29H,10-17H2,1-3H3. The first-order valence-electron chi connectivity index (χ1n) is 12.0. The van der Waals surface area contributed by atoms with Crippen molar-refractivity contribution < 1.29 is 19.7 Å². The number of hydrogen-bond acceptors (Lipinski definition) is 4. The van der Waals surface area contributed by atoms with Gasteiger partial charge >= 0.3 is 5.97 Å². The minimum Gasteiger partial charge on any atom is -0.463 e. The molecular formula is C27H38O4. The number of benzene rings is 1. The summed E-state index contributed by atoms with van der Waals surface area (Å²) in [7, 11) is 0. The van der Waals surface area contributed by atoms with Gasteiger partial charge in [-0.15, -0.1) is 0 Å². The molecule has 31 heavy (non-hydrogen) atoms. The molecule has 1 aromatic carbocycles. The second-order valence-corrected chi connectivity index (χ2v) is 10.6. The predicted octanol–water partition coefficient (Wildman–Crippen LogP) is 4.85. The van der Waals surface area contributed by atoms with Crippen LogP contribution in [0.25, 0.3) is 5.57 Å². The highest BCUT2D eigenvalue weighted by atomic mass is 16.5. The van der Waals surface area contributed by atoms with E-state index >= 15 is 0 Å². The van der Waals surface area contributed by atoms with Gasteiger partial charge in [-0.1, -0.05) is 50.3 Å². The van der Waals surface area contributed by atoms with E-state index in [1.165, 1.54) is 18.1 Å². The molecule has 0 aliphatic heterocycles. The molecule has 7 unspecified atom stereocenters. The zero-order chi connectivity index (χ0) is 22.2. The number of aliphatic hydroxyl groups excluding tert-OH is 2. The second kappa shape index (κ2) is 8.71. The van der Waals surface area contributed by atoms with E-state index in [0.29, 0.717) is 11.8 Å². The Hall–Kier alpha value is -1.65. The third kappa shape index (κ3) is 3.87.